The number of imidazole rings is 1. The molecule has 20 heavy (non-hydrogen) atoms. The summed E-state index contributed by atoms with van der Waals surface area (Å²) in [5.74, 6) is 0. The van der Waals surface area contributed by atoms with Gasteiger partial charge >= 0.3 is 0 Å². The van der Waals surface area contributed by atoms with E-state index in [9.17, 15) is 0 Å². The molecule has 1 atom stereocenters. The monoisotopic (exact) mass is 270 g/mol. The van der Waals surface area contributed by atoms with Gasteiger partial charge in [-0.3, -0.25) is 0 Å². The minimum atomic E-state index is 0.471. The molecular formula is C16H22N4. The largest absolute Gasteiger partial charge is 0.337 e. The molecule has 0 saturated carbocycles. The lowest BCUT2D eigenvalue weighted by Crippen LogP contribution is -2.46. The summed E-state index contributed by atoms with van der Waals surface area (Å²) in [5.41, 5.74) is 1.40. The lowest BCUT2D eigenvalue weighted by Gasteiger charge is -2.34. The van der Waals surface area contributed by atoms with E-state index in [1.807, 2.05) is 18.7 Å². The molecule has 1 unspecified atom stereocenters. The second-order valence-electron chi connectivity index (χ2n) is 5.37. The van der Waals surface area contributed by atoms with Gasteiger partial charge in [-0.1, -0.05) is 30.3 Å². The lowest BCUT2D eigenvalue weighted by molar-refractivity contribution is 0.196. The highest BCUT2D eigenvalue weighted by Gasteiger charge is 2.19. The maximum absolute atomic E-state index is 4.08. The number of hydrogen-bond acceptors (Lipinski definition) is 3. The van der Waals surface area contributed by atoms with Gasteiger partial charge in [-0.15, -0.1) is 0 Å². The van der Waals surface area contributed by atoms with Gasteiger partial charge in [-0.05, 0) is 18.5 Å². The summed E-state index contributed by atoms with van der Waals surface area (Å²) < 4.78 is 2.15. The molecular weight excluding hydrogens is 248 g/mol. The molecule has 1 aromatic carbocycles. The first kappa shape index (κ1) is 13.3. The van der Waals surface area contributed by atoms with Gasteiger partial charge in [0, 0.05) is 44.6 Å². The van der Waals surface area contributed by atoms with E-state index >= 15 is 0 Å². The van der Waals surface area contributed by atoms with Crippen molar-refractivity contribution in [1.82, 2.24) is 19.8 Å². The van der Waals surface area contributed by atoms with Crippen LogP contribution in [0.1, 0.15) is 18.0 Å². The Morgan fingerprint density at radius 1 is 1.20 bits per heavy atom. The molecule has 3 rings (SSSR count). The normalized spacial score (nSPS) is 20.1. The summed E-state index contributed by atoms with van der Waals surface area (Å²) >= 11 is 0. The Morgan fingerprint density at radius 2 is 2.10 bits per heavy atom. The standard InChI is InChI=1S/C16H22N4/c1-2-5-15(6-3-1)16-13-19(12-8-18-16)9-4-10-20-11-7-17-14-20/h1-3,5-7,11,14,16,18H,4,8-10,12-13H2. The second-order valence-corrected chi connectivity index (χ2v) is 5.37. The predicted molar refractivity (Wildman–Crippen MR) is 80.5 cm³/mol. The topological polar surface area (TPSA) is 33.1 Å². The SMILES string of the molecule is c1ccc(C2CN(CCCn3ccnc3)CCN2)cc1. The van der Waals surface area contributed by atoms with Gasteiger partial charge < -0.3 is 14.8 Å². The number of nitrogens with zero attached hydrogens (tertiary/aromatic N) is 3. The van der Waals surface area contributed by atoms with Crippen LogP contribution < -0.4 is 5.32 Å². The average Bonchev–Trinajstić information content (AvgIpc) is 3.02. The van der Waals surface area contributed by atoms with Gasteiger partial charge in [0.05, 0.1) is 6.33 Å². The number of aryl methyl sites for hydroxylation is 1. The highest BCUT2D eigenvalue weighted by atomic mass is 15.2. The fourth-order valence-electron chi connectivity index (χ4n) is 2.82. The molecule has 4 heteroatoms. The van der Waals surface area contributed by atoms with Crippen molar-refractivity contribution in [1.29, 1.82) is 0 Å². The number of benzene rings is 1. The van der Waals surface area contributed by atoms with E-state index in [1.165, 1.54) is 12.0 Å². The van der Waals surface area contributed by atoms with E-state index in [0.717, 1.165) is 32.7 Å². The van der Waals surface area contributed by atoms with E-state index < -0.39 is 0 Å². The molecule has 1 aromatic heterocycles. The first-order chi connectivity index (χ1) is 9.92. The van der Waals surface area contributed by atoms with Crippen molar-refractivity contribution in [3.05, 3.63) is 54.6 Å². The van der Waals surface area contributed by atoms with Crippen LogP contribution in [0.4, 0.5) is 0 Å². The molecule has 0 aliphatic carbocycles. The van der Waals surface area contributed by atoms with Crippen LogP contribution in [-0.2, 0) is 6.54 Å². The first-order valence-corrected chi connectivity index (χ1v) is 7.38. The highest BCUT2D eigenvalue weighted by Crippen LogP contribution is 2.16. The van der Waals surface area contributed by atoms with Gasteiger partial charge in [-0.25, -0.2) is 4.98 Å². The van der Waals surface area contributed by atoms with Crippen molar-refractivity contribution in [3.63, 3.8) is 0 Å². The fourth-order valence-corrected chi connectivity index (χ4v) is 2.82. The molecule has 0 amide bonds. The summed E-state index contributed by atoms with van der Waals surface area (Å²) in [4.78, 5) is 6.64. The summed E-state index contributed by atoms with van der Waals surface area (Å²) in [6.07, 6.45) is 6.95. The van der Waals surface area contributed by atoms with Crippen molar-refractivity contribution in [3.8, 4) is 0 Å². The molecule has 4 nitrogen and oxygen atoms in total. The van der Waals surface area contributed by atoms with Crippen LogP contribution in [0, 0.1) is 0 Å². The van der Waals surface area contributed by atoms with E-state index in [2.05, 4.69) is 50.1 Å². The van der Waals surface area contributed by atoms with Crippen LogP contribution in [0.3, 0.4) is 0 Å². The Kier molecular flexibility index (Phi) is 4.46. The molecule has 1 N–H and O–H groups in total. The Balaban J connectivity index is 1.48. The third kappa shape index (κ3) is 3.46. The molecule has 0 spiro atoms. The minimum absolute atomic E-state index is 0.471. The van der Waals surface area contributed by atoms with Crippen molar-refractivity contribution >= 4 is 0 Å². The molecule has 0 bridgehead atoms. The summed E-state index contributed by atoms with van der Waals surface area (Å²) in [6.45, 7) is 5.54. The number of piperazine rings is 1. The predicted octanol–water partition coefficient (Wildman–Crippen LogP) is 1.92. The third-order valence-electron chi connectivity index (χ3n) is 3.91. The van der Waals surface area contributed by atoms with Crippen LogP contribution in [0.5, 0.6) is 0 Å². The molecule has 1 saturated heterocycles. The van der Waals surface area contributed by atoms with Crippen molar-refractivity contribution in [2.75, 3.05) is 26.2 Å². The maximum atomic E-state index is 4.08. The van der Waals surface area contributed by atoms with Gasteiger partial charge in [0.1, 0.15) is 0 Å². The van der Waals surface area contributed by atoms with Crippen molar-refractivity contribution < 1.29 is 0 Å². The van der Waals surface area contributed by atoms with Crippen LogP contribution in [0.15, 0.2) is 49.1 Å². The van der Waals surface area contributed by atoms with E-state index in [1.54, 1.807) is 0 Å². The van der Waals surface area contributed by atoms with Crippen molar-refractivity contribution in [2.24, 2.45) is 0 Å². The molecule has 2 aromatic rings. The van der Waals surface area contributed by atoms with Crippen molar-refractivity contribution in [2.45, 2.75) is 19.0 Å². The Morgan fingerprint density at radius 3 is 2.90 bits per heavy atom. The quantitative estimate of drug-likeness (QED) is 0.901. The maximum Gasteiger partial charge on any atom is 0.0945 e. The number of nitrogens with one attached hydrogen (secondary N) is 1. The number of aromatic nitrogens is 2. The zero-order valence-corrected chi connectivity index (χ0v) is 11.8. The first-order valence-electron chi connectivity index (χ1n) is 7.38. The number of rotatable bonds is 5. The van der Waals surface area contributed by atoms with Crippen LogP contribution in [-0.4, -0.2) is 40.6 Å². The highest BCUT2D eigenvalue weighted by molar-refractivity contribution is 5.19. The minimum Gasteiger partial charge on any atom is -0.337 e. The summed E-state index contributed by atoms with van der Waals surface area (Å²) in [6, 6.07) is 11.2. The Labute approximate surface area is 120 Å². The van der Waals surface area contributed by atoms with Crippen LogP contribution >= 0.6 is 0 Å². The van der Waals surface area contributed by atoms with Gasteiger partial charge in [0.2, 0.25) is 0 Å². The van der Waals surface area contributed by atoms with E-state index in [0.29, 0.717) is 6.04 Å². The van der Waals surface area contributed by atoms with E-state index in [4.69, 9.17) is 0 Å². The van der Waals surface area contributed by atoms with Crippen LogP contribution in [0.25, 0.3) is 0 Å². The Bertz CT molecular complexity index is 494. The second kappa shape index (κ2) is 6.68. The zero-order chi connectivity index (χ0) is 13.6. The van der Waals surface area contributed by atoms with E-state index in [-0.39, 0.29) is 0 Å². The molecule has 1 fully saturated rings. The third-order valence-corrected chi connectivity index (χ3v) is 3.91. The molecule has 2 heterocycles. The fraction of sp³-hybridized carbons (Fsp3) is 0.438. The zero-order valence-electron chi connectivity index (χ0n) is 11.8. The summed E-state index contributed by atoms with van der Waals surface area (Å²) in [7, 11) is 0. The molecule has 106 valence electrons. The average molecular weight is 270 g/mol. The lowest BCUT2D eigenvalue weighted by atomic mass is 10.0. The molecule has 1 aliphatic heterocycles. The van der Waals surface area contributed by atoms with Gasteiger partial charge in [0.15, 0.2) is 0 Å². The number of hydrogen-bond donors (Lipinski definition) is 1. The molecule has 1 aliphatic rings. The smallest absolute Gasteiger partial charge is 0.0945 e. The summed E-state index contributed by atoms with van der Waals surface area (Å²) in [5, 5.41) is 3.61. The Hall–Kier alpha value is -1.65. The van der Waals surface area contributed by atoms with Gasteiger partial charge in [0.25, 0.3) is 0 Å². The molecule has 0 radical (unpaired) electrons. The van der Waals surface area contributed by atoms with Gasteiger partial charge in [-0.2, -0.15) is 0 Å². The van der Waals surface area contributed by atoms with Crippen LogP contribution in [0.2, 0.25) is 0 Å².